The van der Waals surface area contributed by atoms with Gasteiger partial charge in [-0.05, 0) is 44.2 Å². The number of H-pyrrole nitrogens is 1. The molecule has 0 aliphatic carbocycles. The SMILES string of the molecule is CC(=O)Nc1cc(Nc2ccc(F)c(OC(C)C)c2)c2cc(C(=O)O)[nH]c2c1. The van der Waals surface area contributed by atoms with Crippen LogP contribution in [0.1, 0.15) is 31.3 Å². The molecule has 3 rings (SSSR count). The van der Waals surface area contributed by atoms with Crippen LogP contribution in [0.4, 0.5) is 21.5 Å². The normalized spacial score (nSPS) is 10.9. The number of carboxylic acid groups (broad SMARTS) is 1. The molecular weight excluding hydrogens is 365 g/mol. The molecule has 146 valence electrons. The first-order chi connectivity index (χ1) is 13.2. The number of benzene rings is 2. The number of nitrogens with one attached hydrogen (secondary N) is 3. The van der Waals surface area contributed by atoms with Crippen molar-refractivity contribution in [2.24, 2.45) is 0 Å². The minimum absolute atomic E-state index is 0.0148. The number of aromatic carboxylic acids is 1. The molecule has 0 spiro atoms. The van der Waals surface area contributed by atoms with E-state index in [4.69, 9.17) is 4.74 Å². The van der Waals surface area contributed by atoms with Crippen LogP contribution in [-0.4, -0.2) is 28.1 Å². The number of carboxylic acids is 1. The van der Waals surface area contributed by atoms with Crippen LogP contribution >= 0.6 is 0 Å². The monoisotopic (exact) mass is 385 g/mol. The van der Waals surface area contributed by atoms with E-state index in [-0.39, 0.29) is 23.5 Å². The highest BCUT2D eigenvalue weighted by atomic mass is 19.1. The van der Waals surface area contributed by atoms with Crippen molar-refractivity contribution in [3.63, 3.8) is 0 Å². The number of halogens is 1. The zero-order valence-electron chi connectivity index (χ0n) is 15.6. The van der Waals surface area contributed by atoms with Crippen molar-refractivity contribution in [2.75, 3.05) is 10.6 Å². The fourth-order valence-corrected chi connectivity index (χ4v) is 2.81. The van der Waals surface area contributed by atoms with E-state index < -0.39 is 11.8 Å². The zero-order chi connectivity index (χ0) is 20.4. The summed E-state index contributed by atoms with van der Waals surface area (Å²) in [6.45, 7) is 4.98. The molecular formula is C20H20FN3O4. The van der Waals surface area contributed by atoms with Crippen molar-refractivity contribution in [2.45, 2.75) is 26.9 Å². The van der Waals surface area contributed by atoms with Crippen LogP contribution in [0, 0.1) is 5.82 Å². The molecule has 3 aromatic rings. The first kappa shape index (κ1) is 19.2. The Bertz CT molecular complexity index is 1060. The number of anilines is 3. The van der Waals surface area contributed by atoms with Gasteiger partial charge in [0, 0.05) is 29.8 Å². The van der Waals surface area contributed by atoms with Crippen LogP contribution in [0.15, 0.2) is 36.4 Å². The number of aromatic amines is 1. The highest BCUT2D eigenvalue weighted by Crippen LogP contribution is 2.33. The Morgan fingerprint density at radius 1 is 1.14 bits per heavy atom. The van der Waals surface area contributed by atoms with Crippen LogP contribution in [-0.2, 0) is 4.79 Å². The quantitative estimate of drug-likeness (QED) is 0.500. The van der Waals surface area contributed by atoms with Gasteiger partial charge in [0.05, 0.1) is 17.3 Å². The van der Waals surface area contributed by atoms with Gasteiger partial charge in [-0.25, -0.2) is 9.18 Å². The lowest BCUT2D eigenvalue weighted by atomic mass is 10.1. The van der Waals surface area contributed by atoms with Crippen molar-refractivity contribution in [1.29, 1.82) is 0 Å². The maximum atomic E-state index is 14.0. The van der Waals surface area contributed by atoms with E-state index in [0.29, 0.717) is 28.0 Å². The van der Waals surface area contributed by atoms with Crippen LogP contribution in [0.5, 0.6) is 5.75 Å². The summed E-state index contributed by atoms with van der Waals surface area (Å²) in [5.74, 6) is -1.73. The third-order valence-corrected chi connectivity index (χ3v) is 3.86. The molecule has 8 heteroatoms. The number of amides is 1. The Labute approximate surface area is 160 Å². The Hall–Kier alpha value is -3.55. The summed E-state index contributed by atoms with van der Waals surface area (Å²) in [6.07, 6.45) is -0.192. The Morgan fingerprint density at radius 2 is 1.89 bits per heavy atom. The first-order valence-electron chi connectivity index (χ1n) is 8.64. The lowest BCUT2D eigenvalue weighted by Gasteiger charge is -2.14. The maximum Gasteiger partial charge on any atom is 0.352 e. The van der Waals surface area contributed by atoms with E-state index in [1.807, 2.05) is 0 Å². The number of ether oxygens (including phenoxy) is 1. The smallest absolute Gasteiger partial charge is 0.352 e. The fraction of sp³-hybridized carbons (Fsp3) is 0.200. The van der Waals surface area contributed by atoms with Crippen molar-refractivity contribution < 1.29 is 23.8 Å². The molecule has 28 heavy (non-hydrogen) atoms. The number of aromatic nitrogens is 1. The van der Waals surface area contributed by atoms with Crippen molar-refractivity contribution in [3.8, 4) is 5.75 Å². The molecule has 0 aliphatic rings. The van der Waals surface area contributed by atoms with E-state index in [1.54, 1.807) is 32.0 Å². The summed E-state index contributed by atoms with van der Waals surface area (Å²) in [6, 6.07) is 9.17. The van der Waals surface area contributed by atoms with Crippen LogP contribution in [0.2, 0.25) is 0 Å². The molecule has 0 saturated heterocycles. The second-order valence-electron chi connectivity index (χ2n) is 6.59. The lowest BCUT2D eigenvalue weighted by molar-refractivity contribution is -0.114. The minimum atomic E-state index is -1.10. The van der Waals surface area contributed by atoms with Crippen molar-refractivity contribution >= 4 is 39.8 Å². The number of fused-ring (bicyclic) bond motifs is 1. The van der Waals surface area contributed by atoms with Gasteiger partial charge in [-0.1, -0.05) is 0 Å². The van der Waals surface area contributed by atoms with Crippen LogP contribution < -0.4 is 15.4 Å². The number of carbonyl (C=O) groups is 2. The molecule has 1 heterocycles. The third-order valence-electron chi connectivity index (χ3n) is 3.86. The summed E-state index contributed by atoms with van der Waals surface area (Å²) in [4.78, 5) is 25.5. The standard InChI is InChI=1S/C20H20FN3O4/c1-10(2)28-19-8-12(4-5-15(19)21)23-16-6-13(22-11(3)25)7-17-14(16)9-18(24-17)20(26)27/h4-10,23-24H,1-3H3,(H,22,25)(H,26,27). The highest BCUT2D eigenvalue weighted by Gasteiger charge is 2.14. The van der Waals surface area contributed by atoms with Crippen molar-refractivity contribution in [3.05, 3.63) is 47.9 Å². The number of hydrogen-bond donors (Lipinski definition) is 4. The predicted octanol–water partition coefficient (Wildman–Crippen LogP) is 4.49. The minimum Gasteiger partial charge on any atom is -0.488 e. The van der Waals surface area contributed by atoms with E-state index in [9.17, 15) is 19.1 Å². The molecule has 0 saturated carbocycles. The zero-order valence-corrected chi connectivity index (χ0v) is 15.6. The summed E-state index contributed by atoms with van der Waals surface area (Å²) in [7, 11) is 0. The molecule has 0 radical (unpaired) electrons. The largest absolute Gasteiger partial charge is 0.488 e. The average molecular weight is 385 g/mol. The van der Waals surface area contributed by atoms with Gasteiger partial charge in [0.1, 0.15) is 5.69 Å². The van der Waals surface area contributed by atoms with Crippen molar-refractivity contribution in [1.82, 2.24) is 4.98 Å². The fourth-order valence-electron chi connectivity index (χ4n) is 2.81. The van der Waals surface area contributed by atoms with E-state index in [2.05, 4.69) is 15.6 Å². The molecule has 2 aromatic carbocycles. The summed E-state index contributed by atoms with van der Waals surface area (Å²) in [5.41, 5.74) is 2.14. The molecule has 7 nitrogen and oxygen atoms in total. The third kappa shape index (κ3) is 4.22. The number of carbonyl (C=O) groups excluding carboxylic acids is 1. The molecule has 1 aromatic heterocycles. The second-order valence-corrected chi connectivity index (χ2v) is 6.59. The molecule has 0 fully saturated rings. The molecule has 1 amide bonds. The van der Waals surface area contributed by atoms with Gasteiger partial charge in [0.25, 0.3) is 0 Å². The second kappa shape index (κ2) is 7.59. The average Bonchev–Trinajstić information content (AvgIpc) is 3.01. The first-order valence-corrected chi connectivity index (χ1v) is 8.64. The lowest BCUT2D eigenvalue weighted by Crippen LogP contribution is -2.07. The number of hydrogen-bond acceptors (Lipinski definition) is 4. The van der Waals surface area contributed by atoms with Gasteiger partial charge >= 0.3 is 5.97 Å². The molecule has 0 atom stereocenters. The van der Waals surface area contributed by atoms with Crippen LogP contribution in [0.3, 0.4) is 0 Å². The van der Waals surface area contributed by atoms with Gasteiger partial charge in [0.15, 0.2) is 11.6 Å². The highest BCUT2D eigenvalue weighted by molar-refractivity contribution is 6.03. The predicted molar refractivity (Wildman–Crippen MR) is 105 cm³/mol. The Balaban J connectivity index is 2.05. The van der Waals surface area contributed by atoms with E-state index in [0.717, 1.165) is 0 Å². The van der Waals surface area contributed by atoms with E-state index >= 15 is 0 Å². The maximum absolute atomic E-state index is 14.0. The van der Waals surface area contributed by atoms with E-state index in [1.165, 1.54) is 25.1 Å². The van der Waals surface area contributed by atoms with Gasteiger partial charge < -0.3 is 25.5 Å². The summed E-state index contributed by atoms with van der Waals surface area (Å²) >= 11 is 0. The van der Waals surface area contributed by atoms with Gasteiger partial charge in [-0.15, -0.1) is 0 Å². The Morgan fingerprint density at radius 3 is 2.54 bits per heavy atom. The molecule has 4 N–H and O–H groups in total. The van der Waals surface area contributed by atoms with Crippen LogP contribution in [0.25, 0.3) is 10.9 Å². The Kier molecular flexibility index (Phi) is 5.21. The van der Waals surface area contributed by atoms with Gasteiger partial charge in [-0.2, -0.15) is 0 Å². The molecule has 0 unspecified atom stereocenters. The van der Waals surface area contributed by atoms with Gasteiger partial charge in [0.2, 0.25) is 5.91 Å². The summed E-state index contributed by atoms with van der Waals surface area (Å²) in [5, 5.41) is 15.7. The molecule has 0 bridgehead atoms. The molecule has 0 aliphatic heterocycles. The summed E-state index contributed by atoms with van der Waals surface area (Å²) < 4.78 is 19.4. The van der Waals surface area contributed by atoms with Gasteiger partial charge in [-0.3, -0.25) is 4.79 Å². The topological polar surface area (TPSA) is 103 Å². The number of rotatable bonds is 6.